The van der Waals surface area contributed by atoms with Crippen molar-refractivity contribution in [1.29, 1.82) is 0 Å². The number of anilines is 2. The van der Waals surface area contributed by atoms with Crippen LogP contribution in [0, 0.1) is 11.7 Å². The number of halogens is 1. The van der Waals surface area contributed by atoms with E-state index in [1.165, 1.54) is 22.8 Å². The van der Waals surface area contributed by atoms with Gasteiger partial charge >= 0.3 is 6.09 Å². The first-order valence-corrected chi connectivity index (χ1v) is 11.6. The van der Waals surface area contributed by atoms with Crippen molar-refractivity contribution in [2.75, 3.05) is 30.3 Å². The average Bonchev–Trinajstić information content (AvgIpc) is 2.73. The largest absolute Gasteiger partial charge is 0.444 e. The molecule has 5 nitrogen and oxygen atoms in total. The first-order valence-electron chi connectivity index (χ1n) is 11.6. The van der Waals surface area contributed by atoms with Gasteiger partial charge in [0, 0.05) is 31.9 Å². The van der Waals surface area contributed by atoms with Crippen LogP contribution in [0.3, 0.4) is 0 Å². The molecular weight excluding hydrogens is 405 g/mol. The molecule has 4 rings (SSSR count). The molecule has 0 bridgehead atoms. The minimum absolute atomic E-state index is 0.240. The third-order valence-corrected chi connectivity index (χ3v) is 6.45. The highest BCUT2D eigenvalue weighted by Gasteiger charge is 2.28. The van der Waals surface area contributed by atoms with Crippen molar-refractivity contribution < 1.29 is 13.9 Å². The smallest absolute Gasteiger partial charge is 0.410 e. The summed E-state index contributed by atoms with van der Waals surface area (Å²) in [4.78, 5) is 16.4. The summed E-state index contributed by atoms with van der Waals surface area (Å²) in [6.07, 6.45) is 3.74. The molecule has 0 radical (unpaired) electrons. The zero-order chi connectivity index (χ0) is 22.9. The Morgan fingerprint density at radius 3 is 2.59 bits per heavy atom. The number of hydrogen-bond acceptors (Lipinski definition) is 4. The van der Waals surface area contributed by atoms with Gasteiger partial charge in [0.05, 0.1) is 5.69 Å². The summed E-state index contributed by atoms with van der Waals surface area (Å²) in [5.41, 5.74) is 10.3. The molecule has 172 valence electrons. The number of nitrogens with two attached hydrogens (primary N) is 1. The quantitative estimate of drug-likeness (QED) is 0.671. The molecule has 2 aromatic carbocycles. The fraction of sp³-hybridized carbons (Fsp3) is 0.500. The maximum atomic E-state index is 14.3. The molecule has 2 aliphatic heterocycles. The maximum Gasteiger partial charge on any atom is 0.410 e. The fourth-order valence-corrected chi connectivity index (χ4v) is 4.83. The number of benzene rings is 2. The van der Waals surface area contributed by atoms with Crippen molar-refractivity contribution in [3.63, 3.8) is 0 Å². The van der Waals surface area contributed by atoms with E-state index in [0.29, 0.717) is 30.4 Å². The lowest BCUT2D eigenvalue weighted by molar-refractivity contribution is 0.0223. The Morgan fingerprint density at radius 2 is 1.91 bits per heavy atom. The van der Waals surface area contributed by atoms with E-state index in [4.69, 9.17) is 10.5 Å². The Kier molecular flexibility index (Phi) is 6.31. The highest BCUT2D eigenvalue weighted by Crippen LogP contribution is 2.31. The molecule has 0 atom stereocenters. The molecular formula is C26H34FN3O2. The van der Waals surface area contributed by atoms with Gasteiger partial charge in [-0.25, -0.2) is 9.18 Å². The Hall–Kier alpha value is -2.76. The van der Waals surface area contributed by atoms with Crippen LogP contribution in [0.4, 0.5) is 20.6 Å². The number of carbonyl (C=O) groups excluding carboxylic acids is 1. The molecule has 32 heavy (non-hydrogen) atoms. The van der Waals surface area contributed by atoms with Gasteiger partial charge in [0.25, 0.3) is 0 Å². The number of ether oxygens (including phenoxy) is 1. The molecule has 2 aromatic rings. The van der Waals surface area contributed by atoms with Gasteiger partial charge in [0.15, 0.2) is 0 Å². The molecule has 2 aliphatic rings. The van der Waals surface area contributed by atoms with E-state index in [1.54, 1.807) is 17.0 Å². The first-order chi connectivity index (χ1) is 15.2. The van der Waals surface area contributed by atoms with E-state index >= 15 is 0 Å². The Morgan fingerprint density at radius 1 is 1.16 bits per heavy atom. The van der Waals surface area contributed by atoms with Crippen molar-refractivity contribution in [2.45, 2.75) is 58.6 Å². The van der Waals surface area contributed by atoms with E-state index in [1.807, 2.05) is 20.8 Å². The van der Waals surface area contributed by atoms with Crippen LogP contribution in [-0.2, 0) is 24.1 Å². The van der Waals surface area contributed by atoms with Crippen LogP contribution >= 0.6 is 0 Å². The van der Waals surface area contributed by atoms with Crippen molar-refractivity contribution in [2.24, 2.45) is 5.92 Å². The van der Waals surface area contributed by atoms with Gasteiger partial charge in [-0.15, -0.1) is 0 Å². The summed E-state index contributed by atoms with van der Waals surface area (Å²) in [5, 5.41) is 0. The second kappa shape index (κ2) is 9.00. The van der Waals surface area contributed by atoms with Crippen LogP contribution in [-0.4, -0.2) is 36.2 Å². The van der Waals surface area contributed by atoms with Gasteiger partial charge in [0.1, 0.15) is 11.4 Å². The van der Waals surface area contributed by atoms with Gasteiger partial charge in [-0.2, -0.15) is 0 Å². The van der Waals surface area contributed by atoms with Crippen LogP contribution in [0.25, 0.3) is 0 Å². The molecule has 2 N–H and O–H groups in total. The van der Waals surface area contributed by atoms with Gasteiger partial charge in [-0.05, 0) is 87.3 Å². The van der Waals surface area contributed by atoms with Gasteiger partial charge < -0.3 is 20.3 Å². The molecule has 2 heterocycles. The van der Waals surface area contributed by atoms with Crippen molar-refractivity contribution in [1.82, 2.24) is 4.90 Å². The van der Waals surface area contributed by atoms with Gasteiger partial charge in [0.2, 0.25) is 0 Å². The van der Waals surface area contributed by atoms with Crippen LogP contribution < -0.4 is 10.6 Å². The van der Waals surface area contributed by atoms with E-state index in [9.17, 15) is 9.18 Å². The van der Waals surface area contributed by atoms with Crippen LogP contribution in [0.1, 0.15) is 50.3 Å². The molecule has 1 fully saturated rings. The Bertz CT molecular complexity index is 978. The van der Waals surface area contributed by atoms with Crippen LogP contribution in [0.15, 0.2) is 36.4 Å². The second-order valence-electron chi connectivity index (χ2n) is 10.1. The number of nitrogen functional groups attached to an aromatic ring is 1. The predicted molar refractivity (Wildman–Crippen MR) is 126 cm³/mol. The number of carbonyl (C=O) groups is 1. The summed E-state index contributed by atoms with van der Waals surface area (Å²) >= 11 is 0. The average molecular weight is 440 g/mol. The molecule has 1 amide bonds. The predicted octanol–water partition coefficient (Wildman–Crippen LogP) is 5.16. The summed E-state index contributed by atoms with van der Waals surface area (Å²) in [5.74, 6) is 0.341. The summed E-state index contributed by atoms with van der Waals surface area (Å²) in [6, 6.07) is 11.4. The van der Waals surface area contributed by atoms with Crippen molar-refractivity contribution in [3.05, 3.63) is 58.9 Å². The van der Waals surface area contributed by atoms with E-state index < -0.39 is 5.60 Å². The Balaban J connectivity index is 1.37. The number of hydrogen-bond donors (Lipinski definition) is 1. The monoisotopic (exact) mass is 439 g/mol. The van der Waals surface area contributed by atoms with E-state index in [0.717, 1.165) is 38.8 Å². The molecule has 1 saturated heterocycles. The second-order valence-corrected chi connectivity index (χ2v) is 10.1. The number of piperidine rings is 1. The molecule has 6 heteroatoms. The number of nitrogens with zero attached hydrogens (tertiary/aromatic N) is 2. The molecule has 0 unspecified atom stereocenters. The number of fused-ring (bicyclic) bond motifs is 1. The standard InChI is InChI=1S/C26H34FN3O2/c1-26(2,3)32-25(31)30-14-11-22-19(5-4-6-20(22)17-30)15-18-9-12-29(13-10-18)24-8-7-21(28)16-23(24)27/h4-8,16,18H,9-15,17,28H2,1-3H3. The topological polar surface area (TPSA) is 58.8 Å². The fourth-order valence-electron chi connectivity index (χ4n) is 4.83. The highest BCUT2D eigenvalue weighted by molar-refractivity contribution is 5.68. The minimum Gasteiger partial charge on any atom is -0.444 e. The summed E-state index contributed by atoms with van der Waals surface area (Å²) < 4.78 is 19.8. The normalized spacial score (nSPS) is 17.2. The highest BCUT2D eigenvalue weighted by atomic mass is 19.1. The lowest BCUT2D eigenvalue weighted by atomic mass is 9.85. The van der Waals surface area contributed by atoms with Crippen molar-refractivity contribution in [3.8, 4) is 0 Å². The lowest BCUT2D eigenvalue weighted by Gasteiger charge is -2.35. The first kappa shape index (κ1) is 22.4. The minimum atomic E-state index is -0.483. The van der Waals surface area contributed by atoms with E-state index in [2.05, 4.69) is 23.1 Å². The SMILES string of the molecule is CC(C)(C)OC(=O)N1CCc2c(CC3CCN(c4ccc(N)cc4F)CC3)cccc2C1. The van der Waals surface area contributed by atoms with Crippen molar-refractivity contribution >= 4 is 17.5 Å². The third-order valence-electron chi connectivity index (χ3n) is 6.45. The zero-order valence-electron chi connectivity index (χ0n) is 19.4. The zero-order valence-corrected chi connectivity index (χ0v) is 19.4. The van der Waals surface area contributed by atoms with Gasteiger partial charge in [-0.1, -0.05) is 18.2 Å². The maximum absolute atomic E-state index is 14.3. The summed E-state index contributed by atoms with van der Waals surface area (Å²) in [7, 11) is 0. The molecule has 0 aromatic heterocycles. The van der Waals surface area contributed by atoms with Crippen LogP contribution in [0.5, 0.6) is 0 Å². The lowest BCUT2D eigenvalue weighted by Crippen LogP contribution is -2.40. The van der Waals surface area contributed by atoms with E-state index in [-0.39, 0.29) is 11.9 Å². The number of rotatable bonds is 3. The molecule has 0 aliphatic carbocycles. The third kappa shape index (κ3) is 5.17. The van der Waals surface area contributed by atoms with Crippen LogP contribution in [0.2, 0.25) is 0 Å². The molecule has 0 spiro atoms. The van der Waals surface area contributed by atoms with Gasteiger partial charge in [-0.3, -0.25) is 0 Å². The Labute approximate surface area is 190 Å². The number of amides is 1. The summed E-state index contributed by atoms with van der Waals surface area (Å²) in [6.45, 7) is 8.69. The molecule has 0 saturated carbocycles.